The normalized spacial score (nSPS) is 38.8. The Hall–Kier alpha value is -0.540. The summed E-state index contributed by atoms with van der Waals surface area (Å²) in [6, 6.07) is 0. The maximum atomic E-state index is 12.2. The third-order valence-electron chi connectivity index (χ3n) is 6.23. The van der Waals surface area contributed by atoms with Gasteiger partial charge >= 0.3 is 0 Å². The summed E-state index contributed by atoms with van der Waals surface area (Å²) in [5.74, 6) is 0.766. The van der Waals surface area contributed by atoms with Crippen LogP contribution in [0.5, 0.6) is 0 Å². The van der Waals surface area contributed by atoms with Crippen LogP contribution < -0.4 is 4.72 Å². The van der Waals surface area contributed by atoms with Gasteiger partial charge in [-0.2, -0.15) is 0 Å². The minimum atomic E-state index is -3.10. The van der Waals surface area contributed by atoms with Crippen molar-refractivity contribution in [2.24, 2.45) is 11.8 Å². The quantitative estimate of drug-likeness (QED) is 0.816. The molecular formula is C16H23N3O3S2. The van der Waals surface area contributed by atoms with E-state index in [0.717, 1.165) is 45.3 Å². The van der Waals surface area contributed by atoms with E-state index in [-0.39, 0.29) is 17.0 Å². The van der Waals surface area contributed by atoms with Crippen LogP contribution in [0.2, 0.25) is 0 Å². The first-order valence-corrected chi connectivity index (χ1v) is 11.2. The van der Waals surface area contributed by atoms with E-state index in [9.17, 15) is 8.42 Å². The zero-order chi connectivity index (χ0) is 16.4. The third-order valence-corrected chi connectivity index (χ3v) is 8.78. The van der Waals surface area contributed by atoms with Gasteiger partial charge in [-0.05, 0) is 42.8 Å². The zero-order valence-corrected chi connectivity index (χ0v) is 15.2. The van der Waals surface area contributed by atoms with Crippen LogP contribution >= 0.6 is 11.5 Å². The molecule has 1 aromatic heterocycles. The van der Waals surface area contributed by atoms with E-state index in [0.29, 0.717) is 18.4 Å². The van der Waals surface area contributed by atoms with Gasteiger partial charge in [-0.25, -0.2) is 17.5 Å². The summed E-state index contributed by atoms with van der Waals surface area (Å²) < 4.78 is 37.8. The molecule has 4 atom stereocenters. The van der Waals surface area contributed by atoms with Crippen molar-refractivity contribution in [2.75, 3.05) is 19.6 Å². The van der Waals surface area contributed by atoms with Crippen molar-refractivity contribution in [1.82, 2.24) is 14.0 Å². The first kappa shape index (κ1) is 15.7. The number of sulfonamides is 1. The van der Waals surface area contributed by atoms with E-state index in [1.54, 1.807) is 0 Å². The van der Waals surface area contributed by atoms with Crippen molar-refractivity contribution in [3.8, 4) is 0 Å². The van der Waals surface area contributed by atoms with E-state index >= 15 is 0 Å². The van der Waals surface area contributed by atoms with Gasteiger partial charge in [-0.15, -0.1) is 0 Å². The molecule has 1 N–H and O–H groups in total. The van der Waals surface area contributed by atoms with Crippen LogP contribution in [-0.2, 0) is 21.3 Å². The number of nitrogens with one attached hydrogen (secondary N) is 1. The van der Waals surface area contributed by atoms with E-state index in [4.69, 9.17) is 4.74 Å². The number of aromatic nitrogens is 1. The van der Waals surface area contributed by atoms with Crippen LogP contribution in [-0.4, -0.2) is 54.3 Å². The van der Waals surface area contributed by atoms with Crippen LogP contribution in [0, 0.1) is 11.8 Å². The predicted octanol–water partition coefficient (Wildman–Crippen LogP) is 1.20. The summed E-state index contributed by atoms with van der Waals surface area (Å²) in [4.78, 5) is 2.46. The van der Waals surface area contributed by atoms with Gasteiger partial charge in [0.25, 0.3) is 0 Å². The minimum Gasteiger partial charge on any atom is -0.370 e. The average Bonchev–Trinajstić information content (AvgIpc) is 2.91. The first-order valence-electron chi connectivity index (χ1n) is 8.83. The van der Waals surface area contributed by atoms with E-state index in [1.165, 1.54) is 17.1 Å². The lowest BCUT2D eigenvalue weighted by Gasteiger charge is -2.29. The summed E-state index contributed by atoms with van der Waals surface area (Å²) in [6.45, 7) is 3.44. The number of likely N-dealkylation sites (tertiary alicyclic amines) is 1. The average molecular weight is 370 g/mol. The summed E-state index contributed by atoms with van der Waals surface area (Å²) in [5.41, 5.74) is 1.22. The molecule has 0 amide bonds. The lowest BCUT2D eigenvalue weighted by Crippen LogP contribution is -2.42. The second-order valence-corrected chi connectivity index (χ2v) is 10.5. The molecule has 24 heavy (non-hydrogen) atoms. The van der Waals surface area contributed by atoms with E-state index in [2.05, 4.69) is 19.4 Å². The molecule has 1 aliphatic carbocycles. The third kappa shape index (κ3) is 2.54. The Morgan fingerprint density at radius 1 is 1.42 bits per heavy atom. The lowest BCUT2D eigenvalue weighted by molar-refractivity contribution is 0.00220. The Balaban J connectivity index is 1.28. The van der Waals surface area contributed by atoms with Crippen LogP contribution in [0.25, 0.3) is 0 Å². The van der Waals surface area contributed by atoms with Gasteiger partial charge in [0.1, 0.15) is 0 Å². The van der Waals surface area contributed by atoms with Crippen molar-refractivity contribution >= 4 is 21.6 Å². The second-order valence-electron chi connectivity index (χ2n) is 7.83. The van der Waals surface area contributed by atoms with Gasteiger partial charge in [0.2, 0.25) is 10.0 Å². The van der Waals surface area contributed by atoms with Gasteiger partial charge in [0.05, 0.1) is 17.0 Å². The molecule has 4 heterocycles. The van der Waals surface area contributed by atoms with Crippen molar-refractivity contribution in [2.45, 2.75) is 49.2 Å². The Morgan fingerprint density at radius 3 is 3.04 bits per heavy atom. The number of fused-ring (bicyclic) bond motifs is 1. The zero-order valence-electron chi connectivity index (χ0n) is 13.6. The van der Waals surface area contributed by atoms with Crippen molar-refractivity contribution in [3.05, 3.63) is 17.1 Å². The standard InChI is InChI=1S/C16H23N3O3S2/c20-24(21,12-1-2-12)18-6-13-14-8-19(7-11-5-17-23-9-11)10-16(14)4-3-15(13)22-16/h5,9,12-15,18H,1-4,6-8,10H2/t13-,14+,15+,16+/m0/s1. The Bertz CT molecular complexity index is 719. The number of ether oxygens (including phenoxy) is 1. The van der Waals surface area contributed by atoms with Gasteiger partial charge in [-0.3, -0.25) is 4.90 Å². The van der Waals surface area contributed by atoms with E-state index < -0.39 is 10.0 Å². The molecule has 4 fully saturated rings. The number of hydrogen-bond donors (Lipinski definition) is 1. The van der Waals surface area contributed by atoms with Gasteiger partial charge < -0.3 is 4.74 Å². The summed E-state index contributed by atoms with van der Waals surface area (Å²) >= 11 is 1.49. The molecule has 3 saturated heterocycles. The molecule has 0 unspecified atom stereocenters. The summed E-state index contributed by atoms with van der Waals surface area (Å²) in [5, 5.41) is 1.96. The summed E-state index contributed by atoms with van der Waals surface area (Å²) in [6.07, 6.45) is 6.00. The molecule has 4 aliphatic rings. The van der Waals surface area contributed by atoms with Gasteiger partial charge in [-0.1, -0.05) is 0 Å². The summed E-state index contributed by atoms with van der Waals surface area (Å²) in [7, 11) is -3.10. The molecule has 0 aromatic carbocycles. The highest BCUT2D eigenvalue weighted by molar-refractivity contribution is 7.90. The Morgan fingerprint density at radius 2 is 2.29 bits per heavy atom. The van der Waals surface area contributed by atoms with E-state index in [1.807, 2.05) is 6.20 Å². The molecule has 1 aromatic rings. The maximum absolute atomic E-state index is 12.2. The first-order chi connectivity index (χ1) is 11.6. The highest BCUT2D eigenvalue weighted by Crippen LogP contribution is 2.54. The largest absolute Gasteiger partial charge is 0.370 e. The van der Waals surface area contributed by atoms with Crippen molar-refractivity contribution in [1.29, 1.82) is 0 Å². The van der Waals surface area contributed by atoms with Crippen LogP contribution in [0.3, 0.4) is 0 Å². The number of hydrogen-bond acceptors (Lipinski definition) is 6. The monoisotopic (exact) mass is 369 g/mol. The highest BCUT2D eigenvalue weighted by atomic mass is 32.2. The van der Waals surface area contributed by atoms with Gasteiger partial charge in [0.15, 0.2) is 0 Å². The smallest absolute Gasteiger partial charge is 0.214 e. The Labute approximate surface area is 146 Å². The fraction of sp³-hybridized carbons (Fsp3) is 0.812. The maximum Gasteiger partial charge on any atom is 0.214 e. The second kappa shape index (κ2) is 5.48. The molecule has 1 spiro atoms. The number of rotatable bonds is 6. The molecule has 132 valence electrons. The van der Waals surface area contributed by atoms with Gasteiger partial charge in [0, 0.05) is 49.6 Å². The lowest BCUT2D eigenvalue weighted by atomic mass is 9.74. The van der Waals surface area contributed by atoms with Crippen LogP contribution in [0.4, 0.5) is 0 Å². The molecule has 3 aliphatic heterocycles. The molecule has 5 rings (SSSR count). The fourth-order valence-corrected chi connectivity index (χ4v) is 6.90. The topological polar surface area (TPSA) is 71.5 Å². The Kier molecular flexibility index (Phi) is 3.58. The van der Waals surface area contributed by atoms with Crippen LogP contribution in [0.1, 0.15) is 31.2 Å². The molecule has 2 bridgehead atoms. The minimum absolute atomic E-state index is 0.0379. The highest BCUT2D eigenvalue weighted by Gasteiger charge is 2.62. The SMILES string of the molecule is O=S(=O)(NC[C@H]1[C@H]2CN(Cc3cnsc3)C[C@]23CC[C@H]1O3)C1CC1. The van der Waals surface area contributed by atoms with Crippen molar-refractivity contribution < 1.29 is 13.2 Å². The number of nitrogens with zero attached hydrogens (tertiary/aromatic N) is 2. The molecular weight excluding hydrogens is 346 g/mol. The molecule has 1 saturated carbocycles. The van der Waals surface area contributed by atoms with Crippen LogP contribution in [0.15, 0.2) is 11.6 Å². The fourth-order valence-electron chi connectivity index (χ4n) is 4.95. The predicted molar refractivity (Wildman–Crippen MR) is 91.2 cm³/mol. The molecule has 8 heteroatoms. The molecule has 6 nitrogen and oxygen atoms in total. The molecule has 0 radical (unpaired) electrons. The van der Waals surface area contributed by atoms with Crippen molar-refractivity contribution in [3.63, 3.8) is 0 Å².